The number of nitrogens with zero attached hydrogens (tertiary/aromatic N) is 3. The predicted molar refractivity (Wildman–Crippen MR) is 133 cm³/mol. The molecular formula is C27H22N4O6. The molecule has 1 atom stereocenters. The standard InChI is InChI=1S/C27H22N4O6/c32-25(28-17-6-8-21-24(12-17)35-10-9-34-21)13-20-26(33)30(14-16-5-7-22-23(11-16)37-15-36-22)27-29-18-3-1-2-4-19(18)31(20)27/h1-8,11-12,20H,9-10,13-15H2,(H,28,32)/t20-/m1/s1. The summed E-state index contributed by atoms with van der Waals surface area (Å²) >= 11 is 0. The molecule has 3 aliphatic rings. The summed E-state index contributed by atoms with van der Waals surface area (Å²) in [5, 5.41) is 2.89. The van der Waals surface area contributed by atoms with Crippen LogP contribution in [0, 0.1) is 0 Å². The zero-order valence-corrected chi connectivity index (χ0v) is 19.7. The van der Waals surface area contributed by atoms with Crippen LogP contribution in [0.1, 0.15) is 18.0 Å². The molecule has 3 aliphatic heterocycles. The SMILES string of the molecule is O=C(C[C@@H]1C(=O)N(Cc2ccc3c(c2)OCO3)c2nc3ccccc3n21)Nc1ccc2c(c1)OCCO2. The second-order valence-corrected chi connectivity index (χ2v) is 9.01. The van der Waals surface area contributed by atoms with Gasteiger partial charge in [-0.05, 0) is 42.0 Å². The van der Waals surface area contributed by atoms with Crippen molar-refractivity contribution in [3.63, 3.8) is 0 Å². The van der Waals surface area contributed by atoms with Crippen LogP contribution in [0.2, 0.25) is 0 Å². The van der Waals surface area contributed by atoms with Gasteiger partial charge in [0.15, 0.2) is 23.0 Å². The first-order valence-corrected chi connectivity index (χ1v) is 12.0. The summed E-state index contributed by atoms with van der Waals surface area (Å²) in [4.78, 5) is 33.2. The number of hydrogen-bond acceptors (Lipinski definition) is 7. The highest BCUT2D eigenvalue weighted by molar-refractivity contribution is 6.05. The largest absolute Gasteiger partial charge is 0.486 e. The summed E-state index contributed by atoms with van der Waals surface area (Å²) in [6, 6.07) is 17.7. The molecule has 0 spiro atoms. The summed E-state index contributed by atoms with van der Waals surface area (Å²) < 4.78 is 23.9. The number of para-hydroxylation sites is 2. The smallest absolute Gasteiger partial charge is 0.253 e. The third-order valence-electron chi connectivity index (χ3n) is 6.66. The van der Waals surface area contributed by atoms with Gasteiger partial charge in [0, 0.05) is 11.8 Å². The van der Waals surface area contributed by atoms with Crippen molar-refractivity contribution < 1.29 is 28.5 Å². The molecule has 0 saturated heterocycles. The highest BCUT2D eigenvalue weighted by atomic mass is 16.7. The van der Waals surface area contributed by atoms with Crippen molar-refractivity contribution >= 4 is 34.5 Å². The van der Waals surface area contributed by atoms with E-state index >= 15 is 0 Å². The highest BCUT2D eigenvalue weighted by Gasteiger charge is 2.41. The quantitative estimate of drug-likeness (QED) is 0.448. The van der Waals surface area contributed by atoms with Gasteiger partial charge in [0.2, 0.25) is 18.6 Å². The molecule has 0 radical (unpaired) electrons. The molecule has 10 nitrogen and oxygen atoms in total. The second kappa shape index (κ2) is 8.44. The Labute approximate surface area is 211 Å². The van der Waals surface area contributed by atoms with Crippen LogP contribution in [-0.2, 0) is 16.1 Å². The van der Waals surface area contributed by atoms with Gasteiger partial charge in [0.25, 0.3) is 5.91 Å². The Morgan fingerprint density at radius 3 is 2.59 bits per heavy atom. The number of benzene rings is 3. The molecule has 4 aromatic rings. The minimum Gasteiger partial charge on any atom is -0.486 e. The minimum absolute atomic E-state index is 0.0434. The average Bonchev–Trinajstić information content (AvgIpc) is 3.59. The van der Waals surface area contributed by atoms with Crippen molar-refractivity contribution in [2.45, 2.75) is 19.0 Å². The Morgan fingerprint density at radius 2 is 1.68 bits per heavy atom. The number of fused-ring (bicyclic) bond motifs is 5. The van der Waals surface area contributed by atoms with Crippen molar-refractivity contribution in [1.29, 1.82) is 0 Å². The monoisotopic (exact) mass is 498 g/mol. The number of carbonyl (C=O) groups is 2. The Bertz CT molecular complexity index is 1560. The molecule has 7 rings (SSSR count). The summed E-state index contributed by atoms with van der Waals surface area (Å²) in [5.41, 5.74) is 3.01. The molecule has 37 heavy (non-hydrogen) atoms. The molecule has 0 unspecified atom stereocenters. The van der Waals surface area contributed by atoms with E-state index in [1.54, 1.807) is 23.1 Å². The summed E-state index contributed by atoms with van der Waals surface area (Å²) in [6.45, 7) is 1.42. The zero-order chi connectivity index (χ0) is 24.9. The van der Waals surface area contributed by atoms with Crippen molar-refractivity contribution in [1.82, 2.24) is 9.55 Å². The third kappa shape index (κ3) is 3.68. The predicted octanol–water partition coefficient (Wildman–Crippen LogP) is 3.65. The lowest BCUT2D eigenvalue weighted by molar-refractivity contribution is -0.124. The first-order chi connectivity index (χ1) is 18.1. The lowest BCUT2D eigenvalue weighted by atomic mass is 10.1. The van der Waals surface area contributed by atoms with E-state index in [9.17, 15) is 9.59 Å². The Morgan fingerprint density at radius 1 is 0.919 bits per heavy atom. The van der Waals surface area contributed by atoms with Gasteiger partial charge < -0.3 is 24.3 Å². The van der Waals surface area contributed by atoms with Crippen LogP contribution in [0.4, 0.5) is 11.6 Å². The molecule has 1 N–H and O–H groups in total. The fourth-order valence-electron chi connectivity index (χ4n) is 4.98. The molecule has 10 heteroatoms. The van der Waals surface area contributed by atoms with Gasteiger partial charge in [0.1, 0.15) is 19.3 Å². The van der Waals surface area contributed by atoms with Gasteiger partial charge in [-0.1, -0.05) is 18.2 Å². The van der Waals surface area contributed by atoms with Gasteiger partial charge in [0.05, 0.1) is 24.0 Å². The second-order valence-electron chi connectivity index (χ2n) is 9.01. The van der Waals surface area contributed by atoms with Crippen molar-refractivity contribution in [2.75, 3.05) is 30.2 Å². The fraction of sp³-hybridized carbons (Fsp3) is 0.222. The third-order valence-corrected chi connectivity index (χ3v) is 6.66. The number of ether oxygens (including phenoxy) is 4. The summed E-state index contributed by atoms with van der Waals surface area (Å²) in [5.74, 6) is 2.58. The first-order valence-electron chi connectivity index (χ1n) is 12.0. The number of carbonyl (C=O) groups excluding carboxylic acids is 2. The number of hydrogen-bond donors (Lipinski definition) is 1. The topological polar surface area (TPSA) is 104 Å². The van der Waals surface area contributed by atoms with Crippen molar-refractivity contribution in [3.05, 3.63) is 66.2 Å². The van der Waals surface area contributed by atoms with Gasteiger partial charge >= 0.3 is 0 Å². The highest BCUT2D eigenvalue weighted by Crippen LogP contribution is 2.39. The fourth-order valence-corrected chi connectivity index (χ4v) is 4.98. The molecule has 0 saturated carbocycles. The number of imidazole rings is 1. The first kappa shape index (κ1) is 21.5. The van der Waals surface area contributed by atoms with E-state index in [0.29, 0.717) is 54.4 Å². The normalized spacial score (nSPS) is 17.2. The van der Waals surface area contributed by atoms with Crippen LogP contribution in [0.15, 0.2) is 60.7 Å². The molecule has 2 amide bonds. The maximum Gasteiger partial charge on any atom is 0.253 e. The minimum atomic E-state index is -0.728. The van der Waals surface area contributed by atoms with E-state index in [4.69, 9.17) is 23.9 Å². The van der Waals surface area contributed by atoms with Crippen LogP contribution < -0.4 is 29.2 Å². The number of anilines is 2. The molecule has 1 aromatic heterocycles. The lowest BCUT2D eigenvalue weighted by Gasteiger charge is -2.19. The van der Waals surface area contributed by atoms with Crippen molar-refractivity contribution in [3.8, 4) is 23.0 Å². The Hall–Kier alpha value is -4.73. The van der Waals surface area contributed by atoms with E-state index < -0.39 is 6.04 Å². The van der Waals surface area contributed by atoms with E-state index in [1.807, 2.05) is 47.0 Å². The molecule has 186 valence electrons. The molecule has 0 fully saturated rings. The van der Waals surface area contributed by atoms with Crippen molar-refractivity contribution in [2.24, 2.45) is 0 Å². The molecular weight excluding hydrogens is 476 g/mol. The van der Waals surface area contributed by atoms with Crippen LogP contribution in [0.3, 0.4) is 0 Å². The molecule has 3 aromatic carbocycles. The zero-order valence-electron chi connectivity index (χ0n) is 19.7. The van der Waals surface area contributed by atoms with Crippen LogP contribution in [-0.4, -0.2) is 41.4 Å². The number of amides is 2. The van der Waals surface area contributed by atoms with E-state index in [-0.39, 0.29) is 25.0 Å². The molecule has 0 aliphatic carbocycles. The summed E-state index contributed by atoms with van der Waals surface area (Å²) in [7, 11) is 0. The number of rotatable bonds is 5. The van der Waals surface area contributed by atoms with Gasteiger partial charge in [-0.2, -0.15) is 0 Å². The van der Waals surface area contributed by atoms with Gasteiger partial charge in [-0.25, -0.2) is 4.98 Å². The van der Waals surface area contributed by atoms with Gasteiger partial charge in [-0.15, -0.1) is 0 Å². The summed E-state index contributed by atoms with van der Waals surface area (Å²) in [6.07, 6.45) is -0.0434. The van der Waals surface area contributed by atoms with E-state index in [2.05, 4.69) is 5.32 Å². The van der Waals surface area contributed by atoms with Crippen LogP contribution in [0.25, 0.3) is 11.0 Å². The van der Waals surface area contributed by atoms with Crippen LogP contribution in [0.5, 0.6) is 23.0 Å². The van der Waals surface area contributed by atoms with E-state index in [0.717, 1.165) is 16.6 Å². The Kier molecular flexibility index (Phi) is 4.91. The Balaban J connectivity index is 1.17. The lowest BCUT2D eigenvalue weighted by Crippen LogP contribution is -2.31. The van der Waals surface area contributed by atoms with Crippen LogP contribution >= 0.6 is 0 Å². The molecule has 0 bridgehead atoms. The van der Waals surface area contributed by atoms with Gasteiger partial charge in [-0.3, -0.25) is 19.1 Å². The van der Waals surface area contributed by atoms with E-state index in [1.165, 1.54) is 0 Å². The maximum absolute atomic E-state index is 13.7. The maximum atomic E-state index is 13.7. The number of nitrogens with one attached hydrogen (secondary N) is 1. The molecule has 4 heterocycles. The number of aromatic nitrogens is 2. The average molecular weight is 498 g/mol.